The Morgan fingerprint density at radius 1 is 1.24 bits per heavy atom. The van der Waals surface area contributed by atoms with Crippen LogP contribution in [0.1, 0.15) is 25.7 Å². The van der Waals surface area contributed by atoms with E-state index in [0.29, 0.717) is 26.1 Å². The molecule has 2 amide bonds. The van der Waals surface area contributed by atoms with Crippen LogP contribution >= 0.6 is 0 Å². The molecule has 2 unspecified atom stereocenters. The molecule has 0 aliphatic carbocycles. The lowest BCUT2D eigenvalue weighted by Crippen LogP contribution is -2.45. The second kappa shape index (κ2) is 4.91. The van der Waals surface area contributed by atoms with E-state index >= 15 is 0 Å². The minimum atomic E-state index is -0.865. The van der Waals surface area contributed by atoms with Crippen molar-refractivity contribution >= 4 is 12.0 Å². The van der Waals surface area contributed by atoms with Crippen molar-refractivity contribution in [3.05, 3.63) is 0 Å². The highest BCUT2D eigenvalue weighted by Crippen LogP contribution is 2.23. The number of carboxylic acids is 1. The first-order valence-electron chi connectivity index (χ1n) is 6.03. The zero-order valence-corrected chi connectivity index (χ0v) is 9.71. The first kappa shape index (κ1) is 12.2. The van der Waals surface area contributed by atoms with Gasteiger partial charge in [-0.15, -0.1) is 0 Å². The lowest BCUT2D eigenvalue weighted by atomic mass is 10.1. The minimum absolute atomic E-state index is 0.0160. The Bertz CT molecular complexity index is 321. The Balaban J connectivity index is 1.95. The zero-order chi connectivity index (χ0) is 12.4. The van der Waals surface area contributed by atoms with Crippen LogP contribution < -0.4 is 0 Å². The Labute approximate surface area is 99.8 Å². The van der Waals surface area contributed by atoms with Crippen LogP contribution in [0, 0.1) is 0 Å². The molecule has 6 heteroatoms. The maximum Gasteiger partial charge on any atom is 0.320 e. The van der Waals surface area contributed by atoms with Crippen LogP contribution in [-0.2, 0) is 4.79 Å². The molecule has 0 bridgehead atoms. The third kappa shape index (κ3) is 2.69. The van der Waals surface area contributed by atoms with Crippen molar-refractivity contribution in [3.8, 4) is 0 Å². The molecule has 2 aliphatic rings. The third-order valence-electron chi connectivity index (χ3n) is 3.47. The number of amides is 2. The largest absolute Gasteiger partial charge is 0.481 e. The SMILES string of the molecule is O=C(O)CC1CCCN1C(=O)N1CCC(O)C1. The first-order valence-corrected chi connectivity index (χ1v) is 6.03. The molecular formula is C11H18N2O4. The number of nitrogens with zero attached hydrogens (tertiary/aromatic N) is 2. The molecule has 0 spiro atoms. The maximum atomic E-state index is 12.1. The number of carboxylic acid groups (broad SMARTS) is 1. The van der Waals surface area contributed by atoms with E-state index in [1.54, 1.807) is 9.80 Å². The molecule has 0 radical (unpaired) electrons. The number of urea groups is 1. The van der Waals surface area contributed by atoms with Crippen molar-refractivity contribution in [2.24, 2.45) is 0 Å². The average Bonchev–Trinajstić information content (AvgIpc) is 2.85. The topological polar surface area (TPSA) is 81.1 Å². The monoisotopic (exact) mass is 242 g/mol. The van der Waals surface area contributed by atoms with Crippen molar-refractivity contribution in [1.82, 2.24) is 9.80 Å². The molecule has 17 heavy (non-hydrogen) atoms. The van der Waals surface area contributed by atoms with E-state index in [2.05, 4.69) is 0 Å². The number of carbonyl (C=O) groups is 2. The molecule has 0 aromatic carbocycles. The number of aliphatic carboxylic acids is 1. The number of carbonyl (C=O) groups excluding carboxylic acids is 1. The van der Waals surface area contributed by atoms with Gasteiger partial charge in [0.15, 0.2) is 0 Å². The number of β-amino-alcohol motifs (C(OH)–C–C–N with tert-alkyl or cyclic N) is 1. The number of hydrogen-bond acceptors (Lipinski definition) is 3. The molecule has 2 atom stereocenters. The summed E-state index contributed by atoms with van der Waals surface area (Å²) >= 11 is 0. The number of hydrogen-bond donors (Lipinski definition) is 2. The van der Waals surface area contributed by atoms with E-state index in [1.165, 1.54) is 0 Å². The second-order valence-electron chi connectivity index (χ2n) is 4.76. The van der Waals surface area contributed by atoms with Crippen LogP contribution in [0.25, 0.3) is 0 Å². The summed E-state index contributed by atoms with van der Waals surface area (Å²) in [5, 5.41) is 18.2. The normalized spacial score (nSPS) is 28.8. The standard InChI is InChI=1S/C11H18N2O4/c14-9-3-5-12(7-9)11(17)13-4-1-2-8(13)6-10(15)16/h8-9,14H,1-7H2,(H,15,16). The van der Waals surface area contributed by atoms with Gasteiger partial charge in [0.25, 0.3) is 0 Å². The van der Waals surface area contributed by atoms with Crippen molar-refractivity contribution < 1.29 is 19.8 Å². The fraction of sp³-hybridized carbons (Fsp3) is 0.818. The Kier molecular flexibility index (Phi) is 3.51. The van der Waals surface area contributed by atoms with Crippen LogP contribution in [0.4, 0.5) is 4.79 Å². The Hall–Kier alpha value is -1.30. The lowest BCUT2D eigenvalue weighted by molar-refractivity contribution is -0.138. The molecule has 2 aliphatic heterocycles. The van der Waals surface area contributed by atoms with E-state index in [0.717, 1.165) is 12.8 Å². The van der Waals surface area contributed by atoms with E-state index in [1.807, 2.05) is 0 Å². The number of rotatable bonds is 2. The molecule has 0 aromatic rings. The Morgan fingerprint density at radius 2 is 2.00 bits per heavy atom. The predicted molar refractivity (Wildman–Crippen MR) is 59.6 cm³/mol. The summed E-state index contributed by atoms with van der Waals surface area (Å²) in [5.74, 6) is -0.865. The highest BCUT2D eigenvalue weighted by molar-refractivity contribution is 5.77. The fourth-order valence-corrected chi connectivity index (χ4v) is 2.60. The van der Waals surface area contributed by atoms with Crippen LogP contribution in [0.15, 0.2) is 0 Å². The summed E-state index contributed by atoms with van der Waals surface area (Å²) < 4.78 is 0. The van der Waals surface area contributed by atoms with Crippen LogP contribution in [0.5, 0.6) is 0 Å². The van der Waals surface area contributed by atoms with Crippen LogP contribution in [-0.4, -0.2) is 63.8 Å². The summed E-state index contributed by atoms with van der Waals surface area (Å²) in [6, 6.07) is -0.303. The molecular weight excluding hydrogens is 224 g/mol. The number of aliphatic hydroxyl groups excluding tert-OH is 1. The molecule has 6 nitrogen and oxygen atoms in total. The molecule has 2 fully saturated rings. The van der Waals surface area contributed by atoms with Gasteiger partial charge in [-0.25, -0.2) is 4.79 Å². The third-order valence-corrected chi connectivity index (χ3v) is 3.47. The van der Waals surface area contributed by atoms with Crippen molar-refractivity contribution in [2.45, 2.75) is 37.8 Å². The van der Waals surface area contributed by atoms with Gasteiger partial charge in [-0.1, -0.05) is 0 Å². The number of aliphatic hydroxyl groups is 1. The molecule has 2 rings (SSSR count). The molecule has 2 N–H and O–H groups in total. The Morgan fingerprint density at radius 3 is 2.59 bits per heavy atom. The first-order chi connectivity index (χ1) is 8.08. The second-order valence-corrected chi connectivity index (χ2v) is 4.76. The van der Waals surface area contributed by atoms with Gasteiger partial charge >= 0.3 is 12.0 Å². The van der Waals surface area contributed by atoms with Crippen molar-refractivity contribution in [3.63, 3.8) is 0 Å². The quantitative estimate of drug-likeness (QED) is 0.720. The summed E-state index contributed by atoms with van der Waals surface area (Å²) in [4.78, 5) is 26.1. The summed E-state index contributed by atoms with van der Waals surface area (Å²) in [6.45, 7) is 1.56. The molecule has 96 valence electrons. The van der Waals surface area contributed by atoms with Gasteiger partial charge < -0.3 is 20.0 Å². The molecule has 2 saturated heterocycles. The smallest absolute Gasteiger partial charge is 0.320 e. The van der Waals surface area contributed by atoms with E-state index in [9.17, 15) is 14.7 Å². The van der Waals surface area contributed by atoms with Gasteiger partial charge in [0.2, 0.25) is 0 Å². The average molecular weight is 242 g/mol. The molecule has 0 aromatic heterocycles. The van der Waals surface area contributed by atoms with Gasteiger partial charge in [-0.3, -0.25) is 4.79 Å². The highest BCUT2D eigenvalue weighted by Gasteiger charge is 2.35. The van der Waals surface area contributed by atoms with Gasteiger partial charge in [-0.2, -0.15) is 0 Å². The van der Waals surface area contributed by atoms with E-state index in [4.69, 9.17) is 5.11 Å². The van der Waals surface area contributed by atoms with Crippen molar-refractivity contribution in [2.75, 3.05) is 19.6 Å². The molecule has 0 saturated carbocycles. The van der Waals surface area contributed by atoms with Crippen LogP contribution in [0.2, 0.25) is 0 Å². The van der Waals surface area contributed by atoms with Gasteiger partial charge in [0.1, 0.15) is 0 Å². The molecule has 2 heterocycles. The summed E-state index contributed by atoms with van der Waals surface area (Å²) in [7, 11) is 0. The van der Waals surface area contributed by atoms with Gasteiger partial charge in [-0.05, 0) is 19.3 Å². The van der Waals surface area contributed by atoms with Crippen LogP contribution in [0.3, 0.4) is 0 Å². The van der Waals surface area contributed by atoms with Gasteiger partial charge in [0, 0.05) is 25.7 Å². The fourth-order valence-electron chi connectivity index (χ4n) is 2.60. The maximum absolute atomic E-state index is 12.1. The van der Waals surface area contributed by atoms with E-state index in [-0.39, 0.29) is 18.5 Å². The van der Waals surface area contributed by atoms with Gasteiger partial charge in [0.05, 0.1) is 12.5 Å². The number of likely N-dealkylation sites (tertiary alicyclic amines) is 2. The van der Waals surface area contributed by atoms with E-state index < -0.39 is 12.1 Å². The minimum Gasteiger partial charge on any atom is -0.481 e. The van der Waals surface area contributed by atoms with Crippen molar-refractivity contribution in [1.29, 1.82) is 0 Å². The summed E-state index contributed by atoms with van der Waals surface area (Å²) in [5.41, 5.74) is 0. The lowest BCUT2D eigenvalue weighted by Gasteiger charge is -2.28. The zero-order valence-electron chi connectivity index (χ0n) is 9.71. The predicted octanol–water partition coefficient (Wildman–Crippen LogP) is 0.112. The summed E-state index contributed by atoms with van der Waals surface area (Å²) in [6.07, 6.45) is 1.82. The highest BCUT2D eigenvalue weighted by atomic mass is 16.4.